The molecule has 10 heteroatoms. The molecule has 1 rings (SSSR count). The molecular weight excluding hydrogens is 218 g/mol. The minimum absolute atomic E-state index is 0. The number of nitriles is 1. The van der Waals surface area contributed by atoms with Crippen molar-refractivity contribution in [2.75, 3.05) is 0 Å². The molecule has 0 aliphatic heterocycles. The van der Waals surface area contributed by atoms with Gasteiger partial charge in [0, 0.05) is 0 Å². The Morgan fingerprint density at radius 1 is 1.20 bits per heavy atom. The first-order chi connectivity index (χ1) is 6.30. The number of rotatable bonds is 1. The van der Waals surface area contributed by atoms with Gasteiger partial charge in [-0.15, -0.1) is 5.10 Å². The third-order valence-electron chi connectivity index (χ3n) is 1.31. The van der Waals surface area contributed by atoms with Crippen LogP contribution in [0.25, 0.3) is 0 Å². The summed E-state index contributed by atoms with van der Waals surface area (Å²) < 4.78 is 60.4. The summed E-state index contributed by atoms with van der Waals surface area (Å²) in [5, 5.41) is 15.0. The summed E-state index contributed by atoms with van der Waals surface area (Å²) in [5.41, 5.74) is -2.72. The fourth-order valence-electron chi connectivity index (χ4n) is 0.660. The quantitative estimate of drug-likeness (QED) is 0.559. The summed E-state index contributed by atoms with van der Waals surface area (Å²) in [6.45, 7) is 0. The van der Waals surface area contributed by atoms with Crippen molar-refractivity contribution in [3.05, 3.63) is 11.4 Å². The number of halogens is 5. The fourth-order valence-corrected chi connectivity index (χ4v) is 0.660. The molecule has 1 N–H and O–H groups in total. The minimum atomic E-state index is -5.80. The van der Waals surface area contributed by atoms with E-state index < -0.39 is 23.5 Å². The predicted molar refractivity (Wildman–Crippen MR) is 38.2 cm³/mol. The van der Waals surface area contributed by atoms with E-state index in [1.807, 2.05) is 0 Å². The molecule has 4 nitrogen and oxygen atoms in total. The maximum absolute atomic E-state index is 12.5. The summed E-state index contributed by atoms with van der Waals surface area (Å²) in [5.74, 6) is -5.18. The second-order valence-electron chi connectivity index (χ2n) is 2.22. The van der Waals surface area contributed by atoms with Gasteiger partial charge in [0.2, 0.25) is 0 Å². The average Bonchev–Trinajstić information content (AvgIpc) is 2.49. The van der Waals surface area contributed by atoms with Gasteiger partial charge < -0.3 is 0 Å². The molecule has 0 spiro atoms. The van der Waals surface area contributed by atoms with Crippen LogP contribution in [0.3, 0.4) is 0 Å². The summed E-state index contributed by atoms with van der Waals surface area (Å²) in [6.07, 6.45) is -5.80. The van der Waals surface area contributed by atoms with Crippen LogP contribution < -0.4 is 0 Å². The van der Waals surface area contributed by atoms with Gasteiger partial charge in [0.05, 0.1) is 0 Å². The number of alkyl halides is 5. The standard InChI is InChI=1S/C5HF5N4.Li.H/c6-4(7,5(8,9)10)3-2(1-11)12-14-13-3;;/h(H,12,13,14);;. The molecule has 1 aromatic rings. The van der Waals surface area contributed by atoms with Crippen molar-refractivity contribution in [2.45, 2.75) is 12.1 Å². The third-order valence-corrected chi connectivity index (χ3v) is 1.31. The van der Waals surface area contributed by atoms with Crippen molar-refractivity contribution >= 4 is 18.9 Å². The molecule has 0 saturated carbocycles. The Morgan fingerprint density at radius 2 is 1.73 bits per heavy atom. The molecule has 0 amide bonds. The van der Waals surface area contributed by atoms with Gasteiger partial charge in [0.1, 0.15) is 6.07 Å². The van der Waals surface area contributed by atoms with E-state index >= 15 is 0 Å². The van der Waals surface area contributed by atoms with Crippen molar-refractivity contribution in [1.82, 2.24) is 15.4 Å². The van der Waals surface area contributed by atoms with Crippen molar-refractivity contribution in [3.8, 4) is 6.07 Å². The first-order valence-electron chi connectivity index (χ1n) is 3.07. The molecule has 0 saturated heterocycles. The first kappa shape index (κ1) is 13.9. The second kappa shape index (κ2) is 4.17. The summed E-state index contributed by atoms with van der Waals surface area (Å²) >= 11 is 0. The Labute approximate surface area is 91.6 Å². The van der Waals surface area contributed by atoms with Crippen LogP contribution in [0.4, 0.5) is 22.0 Å². The fraction of sp³-hybridized carbons (Fsp3) is 0.400. The van der Waals surface area contributed by atoms with Gasteiger partial charge in [0.25, 0.3) is 0 Å². The van der Waals surface area contributed by atoms with E-state index in [4.69, 9.17) is 5.26 Å². The van der Waals surface area contributed by atoms with Crippen LogP contribution in [0.2, 0.25) is 0 Å². The number of nitrogens with one attached hydrogen (secondary N) is 1. The molecule has 78 valence electrons. The molecule has 1 aromatic heterocycles. The Bertz CT molecular complexity index is 378. The number of nitrogens with zero attached hydrogens (tertiary/aromatic N) is 3. The molecule has 0 atom stereocenters. The number of aromatic nitrogens is 3. The molecule has 0 aromatic carbocycles. The van der Waals surface area contributed by atoms with Gasteiger partial charge in [-0.2, -0.15) is 27.2 Å². The topological polar surface area (TPSA) is 65.4 Å². The van der Waals surface area contributed by atoms with E-state index in [-0.39, 0.29) is 18.9 Å². The van der Waals surface area contributed by atoms with Crippen molar-refractivity contribution in [2.24, 2.45) is 0 Å². The van der Waals surface area contributed by atoms with Crippen LogP contribution in [-0.2, 0) is 5.92 Å². The number of H-pyrrole nitrogens is 1. The van der Waals surface area contributed by atoms with Crippen LogP contribution in [0.5, 0.6) is 0 Å². The molecule has 0 unspecified atom stereocenters. The monoisotopic (exact) mass is 220 g/mol. The number of hydrogen-bond donors (Lipinski definition) is 1. The summed E-state index contributed by atoms with van der Waals surface area (Å²) in [6, 6.07) is 1.09. The zero-order valence-electron chi connectivity index (χ0n) is 6.23. The SMILES string of the molecule is N#Cc1[nH]nnc1C(F)(F)C(F)(F)F.[LiH]. The Kier molecular flexibility index (Phi) is 3.86. The van der Waals surface area contributed by atoms with E-state index in [1.54, 1.807) is 5.10 Å². The summed E-state index contributed by atoms with van der Waals surface area (Å²) in [4.78, 5) is 0. The van der Waals surface area contributed by atoms with Gasteiger partial charge in [-0.3, -0.25) is 0 Å². The summed E-state index contributed by atoms with van der Waals surface area (Å²) in [7, 11) is 0. The van der Waals surface area contributed by atoms with E-state index in [2.05, 4.69) is 10.3 Å². The molecular formula is C5H2F5LiN4. The van der Waals surface area contributed by atoms with Crippen molar-refractivity contribution < 1.29 is 22.0 Å². The Morgan fingerprint density at radius 3 is 2.13 bits per heavy atom. The van der Waals surface area contributed by atoms with Gasteiger partial charge in [-0.1, -0.05) is 5.21 Å². The van der Waals surface area contributed by atoms with Crippen LogP contribution in [0.1, 0.15) is 11.4 Å². The van der Waals surface area contributed by atoms with Crippen LogP contribution in [0, 0.1) is 11.3 Å². The second-order valence-corrected chi connectivity index (χ2v) is 2.22. The van der Waals surface area contributed by atoms with Crippen LogP contribution >= 0.6 is 0 Å². The zero-order chi connectivity index (χ0) is 11.0. The van der Waals surface area contributed by atoms with Crippen molar-refractivity contribution in [3.63, 3.8) is 0 Å². The van der Waals surface area contributed by atoms with Gasteiger partial charge in [-0.05, 0) is 0 Å². The Hall–Kier alpha value is -1.12. The molecule has 0 bridgehead atoms. The molecule has 0 fully saturated rings. The zero-order valence-corrected chi connectivity index (χ0v) is 6.23. The molecule has 0 aliphatic rings. The van der Waals surface area contributed by atoms with E-state index in [0.29, 0.717) is 0 Å². The Balaban J connectivity index is 0.00000196. The van der Waals surface area contributed by atoms with Gasteiger partial charge in [0.15, 0.2) is 11.4 Å². The number of hydrogen-bond acceptors (Lipinski definition) is 3. The normalized spacial score (nSPS) is 11.7. The average molecular weight is 220 g/mol. The maximum atomic E-state index is 12.5. The predicted octanol–water partition coefficient (Wildman–Crippen LogP) is 0.682. The molecule has 1 heterocycles. The van der Waals surface area contributed by atoms with Crippen LogP contribution in [0.15, 0.2) is 0 Å². The van der Waals surface area contributed by atoms with E-state index in [1.165, 1.54) is 0 Å². The third kappa shape index (κ3) is 2.28. The molecule has 0 radical (unpaired) electrons. The molecule has 0 aliphatic carbocycles. The number of aromatic amines is 1. The van der Waals surface area contributed by atoms with Crippen LogP contribution in [-0.4, -0.2) is 40.4 Å². The van der Waals surface area contributed by atoms with Gasteiger partial charge >= 0.3 is 31.0 Å². The van der Waals surface area contributed by atoms with Gasteiger partial charge in [-0.25, -0.2) is 5.10 Å². The van der Waals surface area contributed by atoms with Crippen molar-refractivity contribution in [1.29, 1.82) is 5.26 Å². The molecule has 15 heavy (non-hydrogen) atoms. The first-order valence-corrected chi connectivity index (χ1v) is 3.07. The van der Waals surface area contributed by atoms with E-state index in [9.17, 15) is 22.0 Å². The van der Waals surface area contributed by atoms with E-state index in [0.717, 1.165) is 6.07 Å².